The van der Waals surface area contributed by atoms with Crippen molar-refractivity contribution in [2.45, 2.75) is 58.1 Å². The largest absolute Gasteiger partial charge is 0.490 e. The van der Waals surface area contributed by atoms with Crippen LogP contribution >= 0.6 is 0 Å². The van der Waals surface area contributed by atoms with Gasteiger partial charge in [0.2, 0.25) is 0 Å². The second-order valence-corrected chi connectivity index (χ2v) is 7.22. The van der Waals surface area contributed by atoms with E-state index in [2.05, 4.69) is 37.4 Å². The van der Waals surface area contributed by atoms with Gasteiger partial charge in [-0.2, -0.15) is 0 Å². The van der Waals surface area contributed by atoms with Gasteiger partial charge >= 0.3 is 0 Å². The van der Waals surface area contributed by atoms with Gasteiger partial charge in [0, 0.05) is 12.5 Å². The monoisotopic (exact) mass is 285 g/mol. The molecule has 4 atom stereocenters. The van der Waals surface area contributed by atoms with Gasteiger partial charge in [-0.05, 0) is 61.3 Å². The Labute approximate surface area is 128 Å². The third kappa shape index (κ3) is 2.38. The van der Waals surface area contributed by atoms with E-state index in [1.54, 1.807) is 0 Å². The first-order valence-electron chi connectivity index (χ1n) is 8.80. The summed E-state index contributed by atoms with van der Waals surface area (Å²) in [5.74, 6) is 3.97. The molecule has 1 aromatic rings. The van der Waals surface area contributed by atoms with Crippen LogP contribution in [0.25, 0.3) is 0 Å². The van der Waals surface area contributed by atoms with Gasteiger partial charge in [0.25, 0.3) is 0 Å². The number of nitrogens with one attached hydrogen (secondary N) is 1. The Morgan fingerprint density at radius 1 is 1.24 bits per heavy atom. The Kier molecular flexibility index (Phi) is 3.45. The van der Waals surface area contributed by atoms with Crippen molar-refractivity contribution in [3.8, 4) is 5.75 Å². The molecule has 21 heavy (non-hydrogen) atoms. The van der Waals surface area contributed by atoms with Crippen LogP contribution in [0.1, 0.15) is 56.7 Å². The molecule has 1 N–H and O–H groups in total. The molecule has 0 aromatic heterocycles. The lowest BCUT2D eigenvalue weighted by Gasteiger charge is -2.19. The van der Waals surface area contributed by atoms with E-state index in [0.29, 0.717) is 12.1 Å². The fourth-order valence-electron chi connectivity index (χ4n) is 4.87. The van der Waals surface area contributed by atoms with Gasteiger partial charge in [0.1, 0.15) is 11.9 Å². The molecular weight excluding hydrogens is 258 g/mol. The number of benzene rings is 1. The van der Waals surface area contributed by atoms with Crippen LogP contribution in [0.4, 0.5) is 0 Å². The summed E-state index contributed by atoms with van der Waals surface area (Å²) >= 11 is 0. The highest BCUT2D eigenvalue weighted by atomic mass is 16.5. The Hall–Kier alpha value is -1.02. The van der Waals surface area contributed by atoms with E-state index in [4.69, 9.17) is 4.74 Å². The Morgan fingerprint density at radius 2 is 2.00 bits per heavy atom. The van der Waals surface area contributed by atoms with Crippen molar-refractivity contribution >= 4 is 0 Å². The molecule has 0 saturated heterocycles. The zero-order valence-corrected chi connectivity index (χ0v) is 13.3. The van der Waals surface area contributed by atoms with Crippen molar-refractivity contribution in [3.05, 3.63) is 29.3 Å². The predicted molar refractivity (Wildman–Crippen MR) is 85.6 cm³/mol. The maximum absolute atomic E-state index is 5.85. The van der Waals surface area contributed by atoms with Crippen LogP contribution in [0, 0.1) is 17.8 Å². The van der Waals surface area contributed by atoms with Crippen molar-refractivity contribution in [2.75, 3.05) is 6.54 Å². The van der Waals surface area contributed by atoms with Crippen molar-refractivity contribution in [3.63, 3.8) is 0 Å². The van der Waals surface area contributed by atoms with Crippen molar-refractivity contribution in [1.82, 2.24) is 5.32 Å². The predicted octanol–water partition coefficient (Wildman–Crippen LogP) is 4.10. The van der Waals surface area contributed by atoms with Crippen LogP contribution in [0.5, 0.6) is 5.75 Å². The first-order valence-corrected chi connectivity index (χ1v) is 8.80. The summed E-state index contributed by atoms with van der Waals surface area (Å²) in [6, 6.07) is 7.47. The molecule has 0 amide bonds. The summed E-state index contributed by atoms with van der Waals surface area (Å²) in [4.78, 5) is 0. The van der Waals surface area contributed by atoms with Crippen LogP contribution in [0.3, 0.4) is 0 Å². The minimum atomic E-state index is 0.344. The van der Waals surface area contributed by atoms with Crippen molar-refractivity contribution < 1.29 is 4.74 Å². The molecule has 2 nitrogen and oxygen atoms in total. The molecule has 2 heteroatoms. The lowest BCUT2D eigenvalue weighted by Crippen LogP contribution is -2.24. The van der Waals surface area contributed by atoms with Gasteiger partial charge in [-0.1, -0.05) is 31.9 Å². The SMILES string of the molecule is CCNC(c1ccc2c(c1)CC(C)O2)C1C2CCCCC21. The molecule has 2 saturated carbocycles. The fourth-order valence-corrected chi connectivity index (χ4v) is 4.87. The van der Waals surface area contributed by atoms with Crippen LogP contribution in [0.15, 0.2) is 18.2 Å². The average molecular weight is 285 g/mol. The van der Waals surface area contributed by atoms with E-state index in [0.717, 1.165) is 36.5 Å². The minimum absolute atomic E-state index is 0.344. The maximum Gasteiger partial charge on any atom is 0.123 e. The molecular formula is C19H27NO. The van der Waals surface area contributed by atoms with Crippen LogP contribution in [0.2, 0.25) is 0 Å². The molecule has 1 aliphatic heterocycles. The normalized spacial score (nSPS) is 34.8. The number of fused-ring (bicyclic) bond motifs is 2. The van der Waals surface area contributed by atoms with Gasteiger partial charge in [0.15, 0.2) is 0 Å². The van der Waals surface area contributed by atoms with E-state index >= 15 is 0 Å². The first-order chi connectivity index (χ1) is 10.3. The fraction of sp³-hybridized carbons (Fsp3) is 0.684. The number of hydrogen-bond donors (Lipinski definition) is 1. The van der Waals surface area contributed by atoms with Gasteiger partial charge < -0.3 is 10.1 Å². The molecule has 0 spiro atoms. The molecule has 4 rings (SSSR count). The van der Waals surface area contributed by atoms with E-state index < -0.39 is 0 Å². The molecule has 0 radical (unpaired) electrons. The summed E-state index contributed by atoms with van der Waals surface area (Å²) in [5.41, 5.74) is 2.90. The topological polar surface area (TPSA) is 21.3 Å². The highest BCUT2D eigenvalue weighted by Crippen LogP contribution is 2.60. The second kappa shape index (κ2) is 5.31. The first kappa shape index (κ1) is 13.6. The highest BCUT2D eigenvalue weighted by molar-refractivity contribution is 5.42. The standard InChI is InChI=1S/C19H27NO/c1-3-20-19(18-15-6-4-5-7-16(15)18)13-8-9-17-14(11-13)10-12(2)21-17/h8-9,11-12,15-16,18-20H,3-7,10H2,1-2H3. The summed E-state index contributed by atoms with van der Waals surface area (Å²) < 4.78 is 5.85. The summed E-state index contributed by atoms with van der Waals surface area (Å²) in [5, 5.41) is 3.78. The van der Waals surface area contributed by atoms with E-state index in [9.17, 15) is 0 Å². The lowest BCUT2D eigenvalue weighted by molar-refractivity contribution is 0.254. The van der Waals surface area contributed by atoms with Crippen molar-refractivity contribution in [1.29, 1.82) is 0 Å². The molecule has 114 valence electrons. The number of hydrogen-bond acceptors (Lipinski definition) is 2. The van der Waals surface area contributed by atoms with Gasteiger partial charge in [-0.3, -0.25) is 0 Å². The Bertz CT molecular complexity index is 514. The minimum Gasteiger partial charge on any atom is -0.490 e. The van der Waals surface area contributed by atoms with Gasteiger partial charge in [-0.25, -0.2) is 0 Å². The smallest absolute Gasteiger partial charge is 0.123 e. The molecule has 1 heterocycles. The summed E-state index contributed by atoms with van der Waals surface area (Å²) in [7, 11) is 0. The zero-order chi connectivity index (χ0) is 14.4. The average Bonchev–Trinajstić information content (AvgIpc) is 3.08. The molecule has 2 fully saturated rings. The Balaban J connectivity index is 1.58. The van der Waals surface area contributed by atoms with E-state index in [1.165, 1.54) is 36.8 Å². The summed E-state index contributed by atoms with van der Waals surface area (Å²) in [6.45, 7) is 5.46. The quantitative estimate of drug-likeness (QED) is 0.899. The molecule has 2 aliphatic carbocycles. The molecule has 1 aromatic carbocycles. The van der Waals surface area contributed by atoms with Gasteiger partial charge in [-0.15, -0.1) is 0 Å². The lowest BCUT2D eigenvalue weighted by atomic mass is 9.96. The number of rotatable bonds is 4. The summed E-state index contributed by atoms with van der Waals surface area (Å²) in [6.07, 6.45) is 7.23. The van der Waals surface area contributed by atoms with E-state index in [1.807, 2.05) is 0 Å². The highest BCUT2D eigenvalue weighted by Gasteiger charge is 2.54. The van der Waals surface area contributed by atoms with Gasteiger partial charge in [0.05, 0.1) is 0 Å². The molecule has 0 bridgehead atoms. The third-order valence-electron chi connectivity index (χ3n) is 5.81. The molecule has 3 aliphatic rings. The van der Waals surface area contributed by atoms with Crippen molar-refractivity contribution in [2.24, 2.45) is 17.8 Å². The Morgan fingerprint density at radius 3 is 2.71 bits per heavy atom. The third-order valence-corrected chi connectivity index (χ3v) is 5.81. The molecule has 4 unspecified atom stereocenters. The number of ether oxygens (including phenoxy) is 1. The van der Waals surface area contributed by atoms with E-state index in [-0.39, 0.29) is 0 Å². The zero-order valence-electron chi connectivity index (χ0n) is 13.3. The maximum atomic E-state index is 5.85. The van der Waals surface area contributed by atoms with Crippen LogP contribution < -0.4 is 10.1 Å². The van der Waals surface area contributed by atoms with Crippen LogP contribution in [-0.2, 0) is 6.42 Å². The van der Waals surface area contributed by atoms with Crippen LogP contribution in [-0.4, -0.2) is 12.6 Å². The second-order valence-electron chi connectivity index (χ2n) is 7.22.